The highest BCUT2D eigenvalue weighted by atomic mass is 32.2. The molecule has 2 aliphatic heterocycles. The standard InChI is InChI=1S/C27H29F2N3O4S/c1-3-21-9-10-25(19-7-5-4-6-8-19)37(35,36)32(21)17-20-15-24(29)22(16-23(20)28)27(26(30)34)11-13-31(14-12-27)18(2)33/h1,4-8,15-16,21,25H,9-14,17H2,2H3,(H2,30,34). The van der Waals surface area contributed by atoms with Crippen molar-refractivity contribution in [2.24, 2.45) is 5.73 Å². The quantitative estimate of drug-likeness (QED) is 0.602. The van der Waals surface area contributed by atoms with Crippen LogP contribution in [0.15, 0.2) is 42.5 Å². The van der Waals surface area contributed by atoms with Gasteiger partial charge in [0.2, 0.25) is 21.8 Å². The highest BCUT2D eigenvalue weighted by Gasteiger charge is 2.45. The minimum absolute atomic E-state index is 0.0516. The van der Waals surface area contributed by atoms with Gasteiger partial charge in [-0.05, 0) is 43.4 Å². The summed E-state index contributed by atoms with van der Waals surface area (Å²) in [5, 5.41) is -0.852. The fourth-order valence-electron chi connectivity index (χ4n) is 5.41. The van der Waals surface area contributed by atoms with Crippen molar-refractivity contribution in [2.45, 2.75) is 55.9 Å². The summed E-state index contributed by atoms with van der Waals surface area (Å²) in [6, 6.07) is 9.73. The number of sulfonamides is 1. The third kappa shape index (κ3) is 4.86. The van der Waals surface area contributed by atoms with Crippen LogP contribution in [-0.2, 0) is 31.6 Å². The number of hydrogen-bond acceptors (Lipinski definition) is 4. The minimum Gasteiger partial charge on any atom is -0.369 e. The van der Waals surface area contributed by atoms with Crippen LogP contribution in [-0.4, -0.2) is 48.6 Å². The zero-order chi connectivity index (χ0) is 27.0. The van der Waals surface area contributed by atoms with E-state index in [0.717, 1.165) is 16.4 Å². The number of piperidine rings is 1. The van der Waals surface area contributed by atoms with Gasteiger partial charge in [0.05, 0.1) is 11.5 Å². The Morgan fingerprint density at radius 1 is 1.11 bits per heavy atom. The Bertz CT molecular complexity index is 1350. The molecule has 2 aromatic rings. The molecule has 2 saturated heterocycles. The van der Waals surface area contributed by atoms with Crippen molar-refractivity contribution in [3.05, 3.63) is 70.8 Å². The molecule has 2 heterocycles. The Kier molecular flexibility index (Phi) is 7.40. The van der Waals surface area contributed by atoms with Crippen LogP contribution in [0.25, 0.3) is 0 Å². The second-order valence-electron chi connectivity index (χ2n) is 9.63. The number of hydrogen-bond donors (Lipinski definition) is 1. The van der Waals surface area contributed by atoms with E-state index < -0.39 is 50.8 Å². The molecule has 2 N–H and O–H groups in total. The van der Waals surface area contributed by atoms with Gasteiger partial charge < -0.3 is 10.6 Å². The summed E-state index contributed by atoms with van der Waals surface area (Å²) in [7, 11) is -3.99. The highest BCUT2D eigenvalue weighted by Crippen LogP contribution is 2.40. The van der Waals surface area contributed by atoms with E-state index in [1.807, 2.05) is 0 Å². The average molecular weight is 530 g/mol. The predicted molar refractivity (Wildman–Crippen MR) is 134 cm³/mol. The van der Waals surface area contributed by atoms with Crippen molar-refractivity contribution in [2.75, 3.05) is 13.1 Å². The van der Waals surface area contributed by atoms with E-state index in [4.69, 9.17) is 12.2 Å². The SMILES string of the molecule is C#CC1CCC(c2ccccc2)S(=O)(=O)N1Cc1cc(F)c(C2(C(N)=O)CCN(C(C)=O)CC2)cc1F. The van der Waals surface area contributed by atoms with E-state index in [0.29, 0.717) is 18.4 Å². The Morgan fingerprint density at radius 3 is 2.32 bits per heavy atom. The van der Waals surface area contributed by atoms with E-state index in [2.05, 4.69) is 5.92 Å². The number of likely N-dealkylation sites (tertiary alicyclic amines) is 1. The number of terminal acetylenes is 1. The molecule has 4 rings (SSSR count). The summed E-state index contributed by atoms with van der Waals surface area (Å²) in [5.41, 5.74) is 4.40. The molecule has 2 aromatic carbocycles. The topological polar surface area (TPSA) is 101 Å². The van der Waals surface area contributed by atoms with Gasteiger partial charge in [-0.2, -0.15) is 4.31 Å². The number of halogens is 2. The fourth-order valence-corrected chi connectivity index (χ4v) is 7.51. The zero-order valence-electron chi connectivity index (χ0n) is 20.5. The average Bonchev–Trinajstić information content (AvgIpc) is 2.87. The Hall–Kier alpha value is -3.29. The van der Waals surface area contributed by atoms with Gasteiger partial charge in [-0.1, -0.05) is 36.3 Å². The normalized spacial score (nSPS) is 23.2. The number of rotatable bonds is 5. The summed E-state index contributed by atoms with van der Waals surface area (Å²) in [6.45, 7) is 1.30. The van der Waals surface area contributed by atoms with E-state index in [1.54, 1.807) is 30.3 Å². The van der Waals surface area contributed by atoms with Gasteiger partial charge in [-0.15, -0.1) is 6.42 Å². The molecule has 0 saturated carbocycles. The molecule has 2 unspecified atom stereocenters. The molecule has 7 nitrogen and oxygen atoms in total. The number of amides is 2. The smallest absolute Gasteiger partial charge is 0.228 e. The Balaban J connectivity index is 1.68. The lowest BCUT2D eigenvalue weighted by Crippen LogP contribution is -2.51. The fraction of sp³-hybridized carbons (Fsp3) is 0.407. The summed E-state index contributed by atoms with van der Waals surface area (Å²) in [6.07, 6.45) is 6.41. The maximum atomic E-state index is 15.5. The molecule has 0 aromatic heterocycles. The third-order valence-corrected chi connectivity index (χ3v) is 9.88. The molecule has 196 valence electrons. The summed E-state index contributed by atoms with van der Waals surface area (Å²) in [5.74, 6) is -0.243. The first-order chi connectivity index (χ1) is 17.5. The van der Waals surface area contributed by atoms with E-state index in [-0.39, 0.29) is 43.0 Å². The van der Waals surface area contributed by atoms with Crippen LogP contribution in [0.3, 0.4) is 0 Å². The predicted octanol–water partition coefficient (Wildman–Crippen LogP) is 3.00. The van der Waals surface area contributed by atoms with Gasteiger partial charge in [-0.3, -0.25) is 9.59 Å². The first kappa shape index (κ1) is 26.8. The molecular weight excluding hydrogens is 500 g/mol. The van der Waals surface area contributed by atoms with Gasteiger partial charge in [0, 0.05) is 37.7 Å². The Morgan fingerprint density at radius 2 is 1.76 bits per heavy atom. The van der Waals surface area contributed by atoms with Crippen LogP contribution in [0.4, 0.5) is 8.78 Å². The summed E-state index contributed by atoms with van der Waals surface area (Å²) >= 11 is 0. The van der Waals surface area contributed by atoms with Crippen molar-refractivity contribution >= 4 is 21.8 Å². The molecule has 2 atom stereocenters. The van der Waals surface area contributed by atoms with Crippen LogP contribution >= 0.6 is 0 Å². The number of carbonyl (C=O) groups excluding carboxylic acids is 2. The number of nitrogens with zero attached hydrogens (tertiary/aromatic N) is 2. The lowest BCUT2D eigenvalue weighted by molar-refractivity contribution is -0.134. The summed E-state index contributed by atoms with van der Waals surface area (Å²) in [4.78, 5) is 25.7. The first-order valence-electron chi connectivity index (χ1n) is 12.1. The minimum atomic E-state index is -3.99. The molecule has 2 aliphatic rings. The number of primary amides is 1. The van der Waals surface area contributed by atoms with Gasteiger partial charge >= 0.3 is 0 Å². The van der Waals surface area contributed by atoms with Gasteiger partial charge in [-0.25, -0.2) is 17.2 Å². The second-order valence-corrected chi connectivity index (χ2v) is 11.7. The third-order valence-electron chi connectivity index (χ3n) is 7.61. The molecule has 2 fully saturated rings. The van der Waals surface area contributed by atoms with Crippen LogP contribution in [0.5, 0.6) is 0 Å². The maximum absolute atomic E-state index is 15.5. The molecule has 0 bridgehead atoms. The molecule has 0 spiro atoms. The molecule has 37 heavy (non-hydrogen) atoms. The molecule has 0 aliphatic carbocycles. The van der Waals surface area contributed by atoms with Gasteiger partial charge in [0.25, 0.3) is 0 Å². The van der Waals surface area contributed by atoms with E-state index >= 15 is 8.78 Å². The van der Waals surface area contributed by atoms with Crippen molar-refractivity contribution in [1.29, 1.82) is 0 Å². The molecule has 10 heteroatoms. The number of benzene rings is 2. The van der Waals surface area contributed by atoms with Gasteiger partial charge in [0.1, 0.15) is 16.9 Å². The number of nitrogens with two attached hydrogens (primary N) is 1. The molecule has 2 amide bonds. The van der Waals surface area contributed by atoms with Crippen molar-refractivity contribution in [3.8, 4) is 12.3 Å². The van der Waals surface area contributed by atoms with Gasteiger partial charge in [0.15, 0.2) is 0 Å². The molecular formula is C27H29F2N3O4S. The van der Waals surface area contributed by atoms with Crippen LogP contribution in [0.2, 0.25) is 0 Å². The zero-order valence-corrected chi connectivity index (χ0v) is 21.3. The maximum Gasteiger partial charge on any atom is 0.228 e. The van der Waals surface area contributed by atoms with Crippen molar-refractivity contribution in [3.63, 3.8) is 0 Å². The largest absolute Gasteiger partial charge is 0.369 e. The van der Waals surface area contributed by atoms with E-state index in [9.17, 15) is 18.0 Å². The highest BCUT2D eigenvalue weighted by molar-refractivity contribution is 7.89. The lowest BCUT2D eigenvalue weighted by Gasteiger charge is -2.40. The van der Waals surface area contributed by atoms with Crippen LogP contribution in [0, 0.1) is 24.0 Å². The van der Waals surface area contributed by atoms with Crippen LogP contribution in [0.1, 0.15) is 54.5 Å². The monoisotopic (exact) mass is 529 g/mol. The number of carbonyl (C=O) groups is 2. The van der Waals surface area contributed by atoms with Crippen LogP contribution < -0.4 is 5.73 Å². The lowest BCUT2D eigenvalue weighted by atomic mass is 9.71. The molecule has 0 radical (unpaired) electrons. The van der Waals surface area contributed by atoms with Crippen molar-refractivity contribution < 1.29 is 26.8 Å². The van der Waals surface area contributed by atoms with E-state index in [1.165, 1.54) is 11.8 Å². The van der Waals surface area contributed by atoms with Crippen molar-refractivity contribution in [1.82, 2.24) is 9.21 Å². The second kappa shape index (κ2) is 10.2. The summed E-state index contributed by atoms with van der Waals surface area (Å²) < 4.78 is 59.1. The Labute approximate surface area is 215 Å². The first-order valence-corrected chi connectivity index (χ1v) is 13.6.